The number of nitrogens with one attached hydrogen (secondary N) is 1. The topological polar surface area (TPSA) is 24.9 Å². The van der Waals surface area contributed by atoms with Gasteiger partial charge in [-0.3, -0.25) is 4.98 Å². The predicted molar refractivity (Wildman–Crippen MR) is 79.3 cm³/mol. The number of fused-ring (bicyclic) bond motifs is 1. The molecular formula is C17H20N2. The van der Waals surface area contributed by atoms with E-state index in [1.54, 1.807) is 0 Å². The molecule has 0 radical (unpaired) electrons. The third kappa shape index (κ3) is 2.20. The van der Waals surface area contributed by atoms with Crippen molar-refractivity contribution >= 4 is 16.6 Å². The van der Waals surface area contributed by atoms with Crippen LogP contribution in [0.15, 0.2) is 30.3 Å². The predicted octanol–water partition coefficient (Wildman–Crippen LogP) is 4.14. The molecule has 2 aromatic rings. The summed E-state index contributed by atoms with van der Waals surface area (Å²) in [6.45, 7) is 2.08. The number of hydrogen-bond acceptors (Lipinski definition) is 2. The zero-order chi connectivity index (χ0) is 12.8. The molecule has 0 atom stereocenters. The molecule has 2 aliphatic carbocycles. The zero-order valence-corrected chi connectivity index (χ0v) is 11.4. The Balaban J connectivity index is 1.72. The fourth-order valence-corrected chi connectivity index (χ4v) is 3.14. The van der Waals surface area contributed by atoms with Crippen LogP contribution in [0.25, 0.3) is 10.9 Å². The largest absolute Gasteiger partial charge is 0.381 e. The minimum atomic E-state index is 0.699. The van der Waals surface area contributed by atoms with Crippen LogP contribution in [0.5, 0.6) is 0 Å². The highest BCUT2D eigenvalue weighted by Crippen LogP contribution is 2.46. The Morgan fingerprint density at radius 1 is 1.11 bits per heavy atom. The summed E-state index contributed by atoms with van der Waals surface area (Å²) in [7, 11) is 0. The summed E-state index contributed by atoms with van der Waals surface area (Å²) >= 11 is 0. The third-order valence-electron chi connectivity index (χ3n) is 4.43. The van der Waals surface area contributed by atoms with Gasteiger partial charge >= 0.3 is 0 Å². The molecule has 2 saturated carbocycles. The van der Waals surface area contributed by atoms with Gasteiger partial charge in [-0.15, -0.1) is 0 Å². The van der Waals surface area contributed by atoms with Crippen LogP contribution < -0.4 is 5.32 Å². The van der Waals surface area contributed by atoms with Crippen LogP contribution in [0.1, 0.15) is 31.4 Å². The first-order valence-electron chi connectivity index (χ1n) is 7.44. The van der Waals surface area contributed by atoms with Crippen LogP contribution in [0.3, 0.4) is 0 Å². The van der Waals surface area contributed by atoms with Gasteiger partial charge in [-0.25, -0.2) is 0 Å². The monoisotopic (exact) mass is 252 g/mol. The first-order valence-corrected chi connectivity index (χ1v) is 7.44. The van der Waals surface area contributed by atoms with E-state index in [9.17, 15) is 0 Å². The molecule has 0 amide bonds. The van der Waals surface area contributed by atoms with Crippen molar-refractivity contribution in [2.45, 2.75) is 38.6 Å². The number of anilines is 1. The molecule has 2 heteroatoms. The Kier molecular flexibility index (Phi) is 2.51. The van der Waals surface area contributed by atoms with Crippen LogP contribution in [0.2, 0.25) is 0 Å². The second-order valence-corrected chi connectivity index (χ2v) is 6.17. The first kappa shape index (κ1) is 11.3. The van der Waals surface area contributed by atoms with Gasteiger partial charge in [0.1, 0.15) is 0 Å². The van der Waals surface area contributed by atoms with E-state index < -0.39 is 0 Å². The molecule has 98 valence electrons. The molecule has 0 unspecified atom stereocenters. The molecule has 0 bridgehead atoms. The smallest absolute Gasteiger partial charge is 0.0725 e. The fraction of sp³-hybridized carbons (Fsp3) is 0.471. The molecule has 1 aromatic carbocycles. The van der Waals surface area contributed by atoms with Crippen molar-refractivity contribution in [3.63, 3.8) is 0 Å². The maximum absolute atomic E-state index is 4.62. The number of benzene rings is 1. The number of aromatic nitrogens is 1. The highest BCUT2D eigenvalue weighted by Gasteiger charge is 2.41. The number of rotatable bonds is 4. The van der Waals surface area contributed by atoms with E-state index in [2.05, 4.69) is 47.6 Å². The van der Waals surface area contributed by atoms with Gasteiger partial charge in [0.25, 0.3) is 0 Å². The minimum Gasteiger partial charge on any atom is -0.381 e. The summed E-state index contributed by atoms with van der Waals surface area (Å²) in [5, 5.41) is 5.11. The Bertz CT molecular complexity index is 600. The van der Waals surface area contributed by atoms with Gasteiger partial charge < -0.3 is 5.32 Å². The van der Waals surface area contributed by atoms with Crippen molar-refractivity contribution in [3.8, 4) is 0 Å². The molecule has 1 heterocycles. The normalized spacial score (nSPS) is 19.1. The van der Waals surface area contributed by atoms with E-state index in [0.717, 1.165) is 23.0 Å². The molecule has 0 saturated heterocycles. The molecule has 19 heavy (non-hydrogen) atoms. The SMILES string of the molecule is Cc1cc(NC(C2CC2)C2CC2)c2ccccc2n1. The number of nitrogens with zero attached hydrogens (tertiary/aromatic N) is 1. The lowest BCUT2D eigenvalue weighted by Gasteiger charge is -2.20. The van der Waals surface area contributed by atoms with Gasteiger partial charge in [0, 0.05) is 22.8 Å². The average molecular weight is 252 g/mol. The Labute approximate surface area is 114 Å². The van der Waals surface area contributed by atoms with Crippen LogP contribution >= 0.6 is 0 Å². The number of pyridine rings is 1. The van der Waals surface area contributed by atoms with Gasteiger partial charge in [-0.05, 0) is 56.6 Å². The van der Waals surface area contributed by atoms with Crippen LogP contribution in [-0.4, -0.2) is 11.0 Å². The minimum absolute atomic E-state index is 0.699. The summed E-state index contributed by atoms with van der Waals surface area (Å²) in [5.74, 6) is 1.83. The molecule has 2 fully saturated rings. The second-order valence-electron chi connectivity index (χ2n) is 6.17. The molecule has 0 aliphatic heterocycles. The zero-order valence-electron chi connectivity index (χ0n) is 11.4. The van der Waals surface area contributed by atoms with Crippen molar-refractivity contribution in [2.75, 3.05) is 5.32 Å². The molecule has 1 aromatic heterocycles. The summed E-state index contributed by atoms with van der Waals surface area (Å²) in [6.07, 6.45) is 5.65. The number of para-hydroxylation sites is 1. The number of hydrogen-bond donors (Lipinski definition) is 1. The molecule has 1 N–H and O–H groups in total. The molecule has 4 rings (SSSR count). The molecule has 2 nitrogen and oxygen atoms in total. The molecule has 2 aliphatic rings. The van der Waals surface area contributed by atoms with Crippen molar-refractivity contribution in [3.05, 3.63) is 36.0 Å². The van der Waals surface area contributed by atoms with Crippen LogP contribution in [-0.2, 0) is 0 Å². The standard InChI is InChI=1S/C17H20N2/c1-11-10-16(14-4-2-3-5-15(14)18-11)19-17(12-6-7-12)13-8-9-13/h2-5,10,12-13,17H,6-9H2,1H3,(H,18,19). The highest BCUT2D eigenvalue weighted by molar-refractivity contribution is 5.91. The van der Waals surface area contributed by atoms with Crippen LogP contribution in [0, 0.1) is 18.8 Å². The van der Waals surface area contributed by atoms with E-state index >= 15 is 0 Å². The van der Waals surface area contributed by atoms with E-state index in [1.807, 2.05) is 0 Å². The van der Waals surface area contributed by atoms with Crippen LogP contribution in [0.4, 0.5) is 5.69 Å². The van der Waals surface area contributed by atoms with Crippen molar-refractivity contribution in [1.82, 2.24) is 4.98 Å². The maximum Gasteiger partial charge on any atom is 0.0725 e. The van der Waals surface area contributed by atoms with Gasteiger partial charge in [-0.1, -0.05) is 18.2 Å². The van der Waals surface area contributed by atoms with E-state index in [1.165, 1.54) is 36.8 Å². The third-order valence-corrected chi connectivity index (χ3v) is 4.43. The average Bonchev–Trinajstić information content (AvgIpc) is 3.28. The maximum atomic E-state index is 4.62. The van der Waals surface area contributed by atoms with Crippen molar-refractivity contribution < 1.29 is 0 Å². The quantitative estimate of drug-likeness (QED) is 0.884. The fourth-order valence-electron chi connectivity index (χ4n) is 3.14. The second kappa shape index (κ2) is 4.22. The van der Waals surface area contributed by atoms with Gasteiger partial charge in [0.2, 0.25) is 0 Å². The summed E-state index contributed by atoms with van der Waals surface area (Å²) in [4.78, 5) is 4.62. The Morgan fingerprint density at radius 3 is 2.47 bits per heavy atom. The van der Waals surface area contributed by atoms with Gasteiger partial charge in [-0.2, -0.15) is 0 Å². The summed E-state index contributed by atoms with van der Waals surface area (Å²) in [5.41, 5.74) is 3.49. The van der Waals surface area contributed by atoms with E-state index in [-0.39, 0.29) is 0 Å². The van der Waals surface area contributed by atoms with Gasteiger partial charge in [0.15, 0.2) is 0 Å². The van der Waals surface area contributed by atoms with Crippen molar-refractivity contribution in [1.29, 1.82) is 0 Å². The Hall–Kier alpha value is -1.57. The number of aryl methyl sites for hydroxylation is 1. The van der Waals surface area contributed by atoms with E-state index in [0.29, 0.717) is 6.04 Å². The summed E-state index contributed by atoms with van der Waals surface area (Å²) in [6, 6.07) is 11.4. The van der Waals surface area contributed by atoms with Crippen molar-refractivity contribution in [2.24, 2.45) is 11.8 Å². The molecule has 0 spiro atoms. The highest BCUT2D eigenvalue weighted by atomic mass is 15.0. The van der Waals surface area contributed by atoms with E-state index in [4.69, 9.17) is 0 Å². The lowest BCUT2D eigenvalue weighted by Crippen LogP contribution is -2.24. The molecular weight excluding hydrogens is 232 g/mol. The van der Waals surface area contributed by atoms with Gasteiger partial charge in [0.05, 0.1) is 5.52 Å². The summed E-state index contributed by atoms with van der Waals surface area (Å²) < 4.78 is 0. The Morgan fingerprint density at radius 2 is 1.79 bits per heavy atom. The lowest BCUT2D eigenvalue weighted by atomic mass is 10.1. The first-order chi connectivity index (χ1) is 9.31. The lowest BCUT2D eigenvalue weighted by molar-refractivity contribution is 0.568.